The highest BCUT2D eigenvalue weighted by Gasteiger charge is 2.43. The maximum atomic E-state index is 11.5. The van der Waals surface area contributed by atoms with Crippen LogP contribution < -0.4 is 11.5 Å². The molecule has 1 aliphatic carbocycles. The Balaban J connectivity index is 2.10. The third-order valence-electron chi connectivity index (χ3n) is 4.99. The highest BCUT2D eigenvalue weighted by atomic mass is 16.1. The molecule has 4 unspecified atom stereocenters. The Morgan fingerprint density at radius 2 is 2.11 bits per heavy atom. The average Bonchev–Trinajstić information content (AvgIpc) is 2.70. The van der Waals surface area contributed by atoms with Gasteiger partial charge in [0.25, 0.3) is 0 Å². The maximum Gasteiger partial charge on any atom is 0.237 e. The largest absolute Gasteiger partial charge is 0.368 e. The van der Waals surface area contributed by atoms with Crippen LogP contribution in [0.5, 0.6) is 0 Å². The van der Waals surface area contributed by atoms with E-state index in [0.717, 1.165) is 25.7 Å². The maximum absolute atomic E-state index is 11.5. The summed E-state index contributed by atoms with van der Waals surface area (Å²) in [5.41, 5.74) is 10.9. The molecule has 0 aromatic rings. The van der Waals surface area contributed by atoms with Crippen molar-refractivity contribution in [2.24, 2.45) is 11.5 Å². The van der Waals surface area contributed by atoms with Crippen LogP contribution in [-0.4, -0.2) is 34.5 Å². The second kappa shape index (κ2) is 5.17. The molecule has 1 aliphatic heterocycles. The summed E-state index contributed by atoms with van der Waals surface area (Å²) in [6.45, 7) is 4.55. The molecule has 0 aromatic carbocycles. The zero-order valence-electron chi connectivity index (χ0n) is 11.7. The Hall–Kier alpha value is -0.610. The number of primary amides is 1. The van der Waals surface area contributed by atoms with E-state index in [4.69, 9.17) is 11.5 Å². The van der Waals surface area contributed by atoms with Crippen molar-refractivity contribution in [2.75, 3.05) is 0 Å². The van der Waals surface area contributed by atoms with Crippen molar-refractivity contribution in [1.29, 1.82) is 0 Å². The molecule has 4 nitrogen and oxygen atoms in total. The molecular weight excluding hydrogens is 226 g/mol. The second-order valence-corrected chi connectivity index (χ2v) is 6.21. The summed E-state index contributed by atoms with van der Waals surface area (Å²) in [5.74, 6) is -0.327. The molecular formula is C14H27N3O. The smallest absolute Gasteiger partial charge is 0.237 e. The van der Waals surface area contributed by atoms with E-state index in [-0.39, 0.29) is 5.91 Å². The number of likely N-dealkylation sites (tertiary alicyclic amines) is 1. The lowest BCUT2D eigenvalue weighted by molar-refractivity contribution is -0.125. The van der Waals surface area contributed by atoms with Gasteiger partial charge in [0.15, 0.2) is 0 Å². The van der Waals surface area contributed by atoms with Gasteiger partial charge in [-0.2, -0.15) is 0 Å². The predicted molar refractivity (Wildman–Crippen MR) is 73.0 cm³/mol. The Morgan fingerprint density at radius 1 is 1.39 bits per heavy atom. The van der Waals surface area contributed by atoms with Gasteiger partial charge in [-0.05, 0) is 51.9 Å². The van der Waals surface area contributed by atoms with E-state index in [1.165, 1.54) is 19.3 Å². The van der Waals surface area contributed by atoms with Crippen molar-refractivity contribution >= 4 is 5.91 Å². The minimum Gasteiger partial charge on any atom is -0.368 e. The highest BCUT2D eigenvalue weighted by molar-refractivity contribution is 5.84. The topological polar surface area (TPSA) is 72.3 Å². The van der Waals surface area contributed by atoms with Crippen LogP contribution in [0.3, 0.4) is 0 Å². The van der Waals surface area contributed by atoms with Crippen molar-refractivity contribution in [3.8, 4) is 0 Å². The third-order valence-corrected chi connectivity index (χ3v) is 4.99. The molecule has 2 fully saturated rings. The van der Waals surface area contributed by atoms with E-state index in [2.05, 4.69) is 18.7 Å². The Morgan fingerprint density at radius 3 is 2.72 bits per heavy atom. The number of carbonyl (C=O) groups is 1. The summed E-state index contributed by atoms with van der Waals surface area (Å²) in [6, 6.07) is 1.73. The lowest BCUT2D eigenvalue weighted by atomic mass is 9.78. The van der Waals surface area contributed by atoms with Crippen molar-refractivity contribution in [2.45, 2.75) is 82.5 Å². The molecule has 0 radical (unpaired) electrons. The van der Waals surface area contributed by atoms with Gasteiger partial charge >= 0.3 is 0 Å². The summed E-state index contributed by atoms with van der Waals surface area (Å²) in [6.07, 6.45) is 7.40. The highest BCUT2D eigenvalue weighted by Crippen LogP contribution is 2.36. The minimum atomic E-state index is -0.774. The molecule has 104 valence electrons. The van der Waals surface area contributed by atoms with Gasteiger partial charge < -0.3 is 11.5 Å². The number of hydrogen-bond donors (Lipinski definition) is 2. The third kappa shape index (κ3) is 2.41. The lowest BCUT2D eigenvalue weighted by Crippen LogP contribution is -2.59. The standard InChI is InChI=1S/C14H27N3O/c1-3-11-7-6-10(2)17(11)12-5-4-8-14(16,9-12)13(15)18/h10-12H,3-9,16H2,1-2H3,(H2,15,18). The van der Waals surface area contributed by atoms with Gasteiger partial charge in [0.1, 0.15) is 0 Å². The second-order valence-electron chi connectivity index (χ2n) is 6.21. The van der Waals surface area contributed by atoms with Crippen LogP contribution in [0.15, 0.2) is 0 Å². The van der Waals surface area contributed by atoms with Gasteiger partial charge in [-0.15, -0.1) is 0 Å². The molecule has 4 atom stereocenters. The molecule has 0 spiro atoms. The number of carbonyl (C=O) groups excluding carboxylic acids is 1. The molecule has 1 heterocycles. The summed E-state index contributed by atoms with van der Waals surface area (Å²) in [4.78, 5) is 14.2. The van der Waals surface area contributed by atoms with Gasteiger partial charge in [0.2, 0.25) is 5.91 Å². The molecule has 2 aliphatic rings. The SMILES string of the molecule is CCC1CCC(C)N1C1CCCC(N)(C(N)=O)C1. The van der Waals surface area contributed by atoms with Crippen LogP contribution in [-0.2, 0) is 4.79 Å². The molecule has 4 N–H and O–H groups in total. The fourth-order valence-corrected chi connectivity index (χ4v) is 3.92. The monoisotopic (exact) mass is 253 g/mol. The van der Waals surface area contributed by atoms with Crippen LogP contribution in [0.1, 0.15) is 58.8 Å². The molecule has 1 saturated carbocycles. The van der Waals surface area contributed by atoms with Gasteiger partial charge in [-0.25, -0.2) is 0 Å². The van der Waals surface area contributed by atoms with Crippen molar-refractivity contribution in [1.82, 2.24) is 4.90 Å². The van der Waals surface area contributed by atoms with E-state index in [1.54, 1.807) is 0 Å². The Kier molecular flexibility index (Phi) is 3.97. The molecule has 1 saturated heterocycles. The number of amides is 1. The molecule has 4 heteroatoms. The van der Waals surface area contributed by atoms with Crippen LogP contribution in [0.2, 0.25) is 0 Å². The zero-order valence-corrected chi connectivity index (χ0v) is 11.7. The molecule has 2 rings (SSSR count). The first-order valence-corrected chi connectivity index (χ1v) is 7.34. The predicted octanol–water partition coefficient (Wildman–Crippen LogP) is 1.37. The van der Waals surface area contributed by atoms with E-state index in [0.29, 0.717) is 18.1 Å². The van der Waals surface area contributed by atoms with Crippen molar-refractivity contribution < 1.29 is 4.79 Å². The van der Waals surface area contributed by atoms with E-state index < -0.39 is 5.54 Å². The molecule has 18 heavy (non-hydrogen) atoms. The minimum absolute atomic E-state index is 0.327. The summed E-state index contributed by atoms with van der Waals surface area (Å²) in [5, 5.41) is 0. The molecule has 0 bridgehead atoms. The van der Waals surface area contributed by atoms with Crippen molar-refractivity contribution in [3.63, 3.8) is 0 Å². The quantitative estimate of drug-likeness (QED) is 0.798. The number of nitrogens with zero attached hydrogens (tertiary/aromatic N) is 1. The first-order valence-electron chi connectivity index (χ1n) is 7.34. The first kappa shape index (κ1) is 13.8. The summed E-state index contributed by atoms with van der Waals surface area (Å²) < 4.78 is 0. The van der Waals surface area contributed by atoms with Crippen LogP contribution in [0, 0.1) is 0 Å². The average molecular weight is 253 g/mol. The van der Waals surface area contributed by atoms with Gasteiger partial charge in [0.05, 0.1) is 5.54 Å². The van der Waals surface area contributed by atoms with Crippen LogP contribution >= 0.6 is 0 Å². The Labute approximate surface area is 110 Å². The van der Waals surface area contributed by atoms with Gasteiger partial charge in [-0.1, -0.05) is 6.92 Å². The van der Waals surface area contributed by atoms with Crippen molar-refractivity contribution in [3.05, 3.63) is 0 Å². The summed E-state index contributed by atoms with van der Waals surface area (Å²) in [7, 11) is 0. The van der Waals surface area contributed by atoms with E-state index in [9.17, 15) is 4.79 Å². The first-order chi connectivity index (χ1) is 8.48. The van der Waals surface area contributed by atoms with Crippen LogP contribution in [0.4, 0.5) is 0 Å². The fraction of sp³-hybridized carbons (Fsp3) is 0.929. The normalized spacial score (nSPS) is 42.1. The van der Waals surface area contributed by atoms with Crippen LogP contribution in [0.25, 0.3) is 0 Å². The number of nitrogens with two attached hydrogens (primary N) is 2. The van der Waals surface area contributed by atoms with Gasteiger partial charge in [-0.3, -0.25) is 9.69 Å². The lowest BCUT2D eigenvalue weighted by Gasteiger charge is -2.43. The zero-order chi connectivity index (χ0) is 13.3. The van der Waals surface area contributed by atoms with E-state index in [1.807, 2.05) is 0 Å². The summed E-state index contributed by atoms with van der Waals surface area (Å²) >= 11 is 0. The molecule has 1 amide bonds. The van der Waals surface area contributed by atoms with Gasteiger partial charge in [0, 0.05) is 18.1 Å². The number of rotatable bonds is 3. The number of hydrogen-bond acceptors (Lipinski definition) is 3. The Bertz CT molecular complexity index is 320. The van der Waals surface area contributed by atoms with E-state index >= 15 is 0 Å². The fourth-order valence-electron chi connectivity index (χ4n) is 3.92. The molecule has 0 aromatic heterocycles.